The molecule has 0 amide bonds. The lowest BCUT2D eigenvalue weighted by atomic mass is 10.1. The molecule has 0 fully saturated rings. The van der Waals surface area contributed by atoms with E-state index in [2.05, 4.69) is 26.0 Å². The first kappa shape index (κ1) is 26.8. The Bertz CT molecular complexity index is 1390. The summed E-state index contributed by atoms with van der Waals surface area (Å²) in [5.41, 5.74) is 0.0131. The Morgan fingerprint density at radius 3 is 2.61 bits per heavy atom. The molecular weight excluding hydrogens is 536 g/mol. The standard InChI is InChI=1S/C24H25BrN4O7/c1-5-34-20-10-15(9-19(29(32)33)22(20)36-13-21(30)35-6-2)12-26-28-23(14(3)4)27-18-8-7-16(25)11-17(18)24(28)31/h7-12,14H,5-6,13H2,1-4H3. The summed E-state index contributed by atoms with van der Waals surface area (Å²) in [7, 11) is 0. The molecule has 0 spiro atoms. The summed E-state index contributed by atoms with van der Waals surface area (Å²) < 4.78 is 17.6. The Balaban J connectivity index is 2.10. The molecule has 1 aromatic heterocycles. The van der Waals surface area contributed by atoms with E-state index in [1.165, 1.54) is 23.0 Å². The molecule has 0 unspecified atom stereocenters. The summed E-state index contributed by atoms with van der Waals surface area (Å²) in [6, 6.07) is 7.90. The molecule has 36 heavy (non-hydrogen) atoms. The number of aromatic nitrogens is 2. The number of benzene rings is 2. The van der Waals surface area contributed by atoms with Gasteiger partial charge in [0.1, 0.15) is 5.82 Å². The zero-order valence-corrected chi connectivity index (χ0v) is 21.8. The second-order valence-electron chi connectivity index (χ2n) is 7.80. The number of nitro groups is 1. The number of esters is 1. The third-order valence-corrected chi connectivity index (χ3v) is 5.36. The molecule has 2 aromatic carbocycles. The van der Waals surface area contributed by atoms with Crippen LogP contribution in [0.2, 0.25) is 0 Å². The summed E-state index contributed by atoms with van der Waals surface area (Å²) in [6.45, 7) is 6.92. The van der Waals surface area contributed by atoms with Crippen LogP contribution in [0.1, 0.15) is 45.0 Å². The molecule has 0 radical (unpaired) electrons. The second-order valence-corrected chi connectivity index (χ2v) is 8.71. The number of hydrogen-bond donors (Lipinski definition) is 0. The number of rotatable bonds is 10. The van der Waals surface area contributed by atoms with Crippen LogP contribution < -0.4 is 15.0 Å². The molecule has 0 saturated heterocycles. The van der Waals surface area contributed by atoms with Gasteiger partial charge >= 0.3 is 11.7 Å². The Morgan fingerprint density at radius 1 is 1.22 bits per heavy atom. The highest BCUT2D eigenvalue weighted by Gasteiger charge is 2.24. The van der Waals surface area contributed by atoms with E-state index in [-0.39, 0.29) is 41.8 Å². The molecule has 3 rings (SSSR count). The van der Waals surface area contributed by atoms with Crippen molar-refractivity contribution in [3.8, 4) is 11.5 Å². The quantitative estimate of drug-likeness (QED) is 0.154. The molecule has 0 atom stereocenters. The summed E-state index contributed by atoms with van der Waals surface area (Å²) in [6.07, 6.45) is 1.31. The summed E-state index contributed by atoms with van der Waals surface area (Å²) in [4.78, 5) is 40.6. The third-order valence-electron chi connectivity index (χ3n) is 4.87. The fourth-order valence-corrected chi connectivity index (χ4v) is 3.70. The highest BCUT2D eigenvalue weighted by Crippen LogP contribution is 2.38. The van der Waals surface area contributed by atoms with E-state index >= 15 is 0 Å². The van der Waals surface area contributed by atoms with Crippen LogP contribution in [0, 0.1) is 10.1 Å². The smallest absolute Gasteiger partial charge is 0.344 e. The van der Waals surface area contributed by atoms with Crippen LogP contribution in [0.5, 0.6) is 11.5 Å². The van der Waals surface area contributed by atoms with Crippen LogP contribution in [-0.4, -0.2) is 46.6 Å². The monoisotopic (exact) mass is 560 g/mol. The lowest BCUT2D eigenvalue weighted by Crippen LogP contribution is -2.23. The highest BCUT2D eigenvalue weighted by atomic mass is 79.9. The molecule has 190 valence electrons. The Morgan fingerprint density at radius 2 is 1.97 bits per heavy atom. The third kappa shape index (κ3) is 6.06. The largest absolute Gasteiger partial charge is 0.490 e. The van der Waals surface area contributed by atoms with Gasteiger partial charge < -0.3 is 14.2 Å². The maximum atomic E-state index is 13.2. The van der Waals surface area contributed by atoms with Crippen LogP contribution in [0.4, 0.5) is 5.69 Å². The molecule has 1 heterocycles. The van der Waals surface area contributed by atoms with Crippen molar-refractivity contribution in [2.75, 3.05) is 19.8 Å². The molecule has 0 aliphatic heterocycles. The second kappa shape index (κ2) is 11.8. The van der Waals surface area contributed by atoms with Crippen LogP contribution in [0.25, 0.3) is 10.9 Å². The average molecular weight is 561 g/mol. The van der Waals surface area contributed by atoms with Crippen LogP contribution in [0.15, 0.2) is 44.7 Å². The minimum absolute atomic E-state index is 0.0504. The first-order valence-electron chi connectivity index (χ1n) is 11.2. The zero-order chi connectivity index (χ0) is 26.4. The van der Waals surface area contributed by atoms with Gasteiger partial charge in [0.15, 0.2) is 12.4 Å². The number of fused-ring (bicyclic) bond motifs is 1. The van der Waals surface area contributed by atoms with Gasteiger partial charge in [-0.2, -0.15) is 9.78 Å². The molecule has 12 heteroatoms. The minimum atomic E-state index is -0.670. The van der Waals surface area contributed by atoms with Crippen LogP contribution >= 0.6 is 15.9 Å². The van der Waals surface area contributed by atoms with Crippen molar-refractivity contribution in [3.05, 3.63) is 66.7 Å². The minimum Gasteiger partial charge on any atom is -0.490 e. The topological polar surface area (TPSA) is 135 Å². The van der Waals surface area contributed by atoms with E-state index in [9.17, 15) is 19.7 Å². The first-order chi connectivity index (χ1) is 17.2. The number of nitro benzene ring substituents is 1. The highest BCUT2D eigenvalue weighted by molar-refractivity contribution is 9.10. The van der Waals surface area contributed by atoms with Gasteiger partial charge in [0, 0.05) is 22.0 Å². The number of carbonyl (C=O) groups excluding carboxylic acids is 1. The number of ether oxygens (including phenoxy) is 3. The fourth-order valence-electron chi connectivity index (χ4n) is 3.34. The normalized spacial score (nSPS) is 11.3. The van der Waals surface area contributed by atoms with Gasteiger partial charge in [-0.25, -0.2) is 9.78 Å². The molecule has 0 saturated carbocycles. The number of hydrogen-bond acceptors (Lipinski definition) is 9. The Kier molecular flexibility index (Phi) is 8.75. The van der Waals surface area contributed by atoms with Gasteiger partial charge in [-0.15, -0.1) is 0 Å². The maximum Gasteiger partial charge on any atom is 0.344 e. The van der Waals surface area contributed by atoms with Crippen molar-refractivity contribution in [3.63, 3.8) is 0 Å². The number of halogens is 1. The van der Waals surface area contributed by atoms with Crippen molar-refractivity contribution in [1.29, 1.82) is 0 Å². The van der Waals surface area contributed by atoms with Crippen molar-refractivity contribution < 1.29 is 23.9 Å². The van der Waals surface area contributed by atoms with Gasteiger partial charge in [0.25, 0.3) is 5.56 Å². The van der Waals surface area contributed by atoms with Crippen molar-refractivity contribution in [1.82, 2.24) is 9.66 Å². The maximum absolute atomic E-state index is 13.2. The summed E-state index contributed by atoms with van der Waals surface area (Å²) in [5.74, 6) is -0.524. The van der Waals surface area contributed by atoms with Gasteiger partial charge in [-0.3, -0.25) is 14.9 Å². The Labute approximate surface area is 215 Å². The molecule has 0 aliphatic rings. The van der Waals surface area contributed by atoms with E-state index < -0.39 is 23.2 Å². The van der Waals surface area contributed by atoms with E-state index in [0.717, 1.165) is 4.47 Å². The SMILES string of the molecule is CCOC(=O)COc1c(OCC)cc(C=Nn2c(C(C)C)nc3ccc(Br)cc3c2=O)cc1[N+](=O)[O-]. The van der Waals surface area contributed by atoms with Gasteiger partial charge in [0.05, 0.1) is 35.3 Å². The van der Waals surface area contributed by atoms with Gasteiger partial charge in [0.2, 0.25) is 5.75 Å². The predicted octanol–water partition coefficient (Wildman–Crippen LogP) is 4.41. The fraction of sp³-hybridized carbons (Fsp3) is 0.333. The van der Waals surface area contributed by atoms with Crippen LogP contribution in [0.3, 0.4) is 0 Å². The molecule has 0 N–H and O–H groups in total. The van der Waals surface area contributed by atoms with E-state index in [4.69, 9.17) is 14.2 Å². The lowest BCUT2D eigenvalue weighted by Gasteiger charge is -2.13. The van der Waals surface area contributed by atoms with Gasteiger partial charge in [-0.05, 0) is 38.1 Å². The van der Waals surface area contributed by atoms with E-state index in [0.29, 0.717) is 16.7 Å². The molecule has 11 nitrogen and oxygen atoms in total. The van der Waals surface area contributed by atoms with Crippen molar-refractivity contribution >= 4 is 44.7 Å². The number of carbonyl (C=O) groups is 1. The number of nitrogens with zero attached hydrogens (tertiary/aromatic N) is 4. The molecule has 0 bridgehead atoms. The summed E-state index contributed by atoms with van der Waals surface area (Å²) in [5, 5.41) is 16.5. The van der Waals surface area contributed by atoms with Crippen molar-refractivity contribution in [2.24, 2.45) is 5.10 Å². The van der Waals surface area contributed by atoms with E-state index in [1.54, 1.807) is 32.0 Å². The lowest BCUT2D eigenvalue weighted by molar-refractivity contribution is -0.385. The summed E-state index contributed by atoms with van der Waals surface area (Å²) >= 11 is 3.36. The molecule has 0 aliphatic carbocycles. The molecule has 3 aromatic rings. The van der Waals surface area contributed by atoms with Crippen molar-refractivity contribution in [2.45, 2.75) is 33.6 Å². The molecular formula is C24H25BrN4O7. The van der Waals surface area contributed by atoms with Gasteiger partial charge in [-0.1, -0.05) is 29.8 Å². The zero-order valence-electron chi connectivity index (χ0n) is 20.2. The average Bonchev–Trinajstić information content (AvgIpc) is 2.82. The first-order valence-corrected chi connectivity index (χ1v) is 12.0. The van der Waals surface area contributed by atoms with E-state index in [1.807, 2.05) is 13.8 Å². The predicted molar refractivity (Wildman–Crippen MR) is 137 cm³/mol. The van der Waals surface area contributed by atoms with Crippen LogP contribution in [-0.2, 0) is 9.53 Å². The Hall–Kier alpha value is -3.80.